The third-order valence-electron chi connectivity index (χ3n) is 3.02. The number of benzene rings is 1. The van der Waals surface area contributed by atoms with Crippen molar-refractivity contribution < 1.29 is 17.9 Å². The maximum atomic E-state index is 12.3. The van der Waals surface area contributed by atoms with E-state index in [1.807, 2.05) is 17.5 Å². The summed E-state index contributed by atoms with van der Waals surface area (Å²) >= 11 is 1.62. The zero-order chi connectivity index (χ0) is 17.0. The molecule has 8 heteroatoms. The highest BCUT2D eigenvalue weighted by molar-refractivity contribution is 7.09. The second-order valence-electron chi connectivity index (χ2n) is 4.80. The molecule has 0 saturated heterocycles. The molecular formula is C16H12F3N3OS. The molecule has 0 aliphatic heterocycles. The molecule has 0 aliphatic carbocycles. The molecule has 0 spiro atoms. The summed E-state index contributed by atoms with van der Waals surface area (Å²) in [6.45, 7) is 0.604. The molecule has 0 bridgehead atoms. The molecule has 3 aromatic rings. The monoisotopic (exact) mass is 351 g/mol. The van der Waals surface area contributed by atoms with Gasteiger partial charge < -0.3 is 10.1 Å². The van der Waals surface area contributed by atoms with Crippen LogP contribution in [-0.2, 0) is 6.54 Å². The fourth-order valence-electron chi connectivity index (χ4n) is 2.03. The van der Waals surface area contributed by atoms with Gasteiger partial charge >= 0.3 is 6.36 Å². The number of thiophene rings is 1. The second kappa shape index (κ2) is 6.88. The summed E-state index contributed by atoms with van der Waals surface area (Å²) in [5.74, 6) is 0.252. The molecule has 24 heavy (non-hydrogen) atoms. The van der Waals surface area contributed by atoms with Crippen LogP contribution in [0.25, 0.3) is 11.3 Å². The summed E-state index contributed by atoms with van der Waals surface area (Å²) < 4.78 is 40.9. The van der Waals surface area contributed by atoms with Crippen LogP contribution < -0.4 is 10.1 Å². The summed E-state index contributed by atoms with van der Waals surface area (Å²) in [5.41, 5.74) is 0.947. The number of anilines is 1. The van der Waals surface area contributed by atoms with Crippen LogP contribution >= 0.6 is 11.3 Å². The van der Waals surface area contributed by atoms with Crippen molar-refractivity contribution in [3.05, 3.63) is 59.0 Å². The normalized spacial score (nSPS) is 11.3. The standard InChI is InChI=1S/C16H12F3N3OS/c17-16(18,19)23-12-4-1-3-11(7-12)14-9-20-10-15(22-14)21-8-13-5-2-6-24-13/h1-7,9-10H,8H2,(H,21,22). The van der Waals surface area contributed by atoms with Gasteiger partial charge in [-0.1, -0.05) is 18.2 Å². The van der Waals surface area contributed by atoms with E-state index < -0.39 is 6.36 Å². The molecule has 0 saturated carbocycles. The van der Waals surface area contributed by atoms with E-state index in [0.29, 0.717) is 23.6 Å². The van der Waals surface area contributed by atoms with Gasteiger partial charge in [-0.2, -0.15) is 0 Å². The van der Waals surface area contributed by atoms with Crippen molar-refractivity contribution in [3.8, 4) is 17.0 Å². The van der Waals surface area contributed by atoms with Crippen LogP contribution in [0.1, 0.15) is 4.88 Å². The third-order valence-corrected chi connectivity index (χ3v) is 3.90. The number of halogens is 3. The van der Waals surface area contributed by atoms with Gasteiger partial charge in [0.1, 0.15) is 11.6 Å². The molecule has 0 atom stereocenters. The highest BCUT2D eigenvalue weighted by atomic mass is 32.1. The van der Waals surface area contributed by atoms with Gasteiger partial charge in [0.15, 0.2) is 0 Å². The van der Waals surface area contributed by atoms with Crippen LogP contribution in [0.4, 0.5) is 19.0 Å². The average Bonchev–Trinajstić information content (AvgIpc) is 3.05. The lowest BCUT2D eigenvalue weighted by Gasteiger charge is -2.10. The van der Waals surface area contributed by atoms with Gasteiger partial charge in [0.05, 0.1) is 24.6 Å². The summed E-state index contributed by atoms with van der Waals surface area (Å²) in [6.07, 6.45) is -1.68. The first-order valence-electron chi connectivity index (χ1n) is 6.94. The maximum Gasteiger partial charge on any atom is 0.573 e. The van der Waals surface area contributed by atoms with Gasteiger partial charge in [0.2, 0.25) is 0 Å². The first-order chi connectivity index (χ1) is 11.5. The molecule has 0 amide bonds. The molecule has 0 fully saturated rings. The molecule has 0 aliphatic rings. The first-order valence-corrected chi connectivity index (χ1v) is 7.82. The van der Waals surface area contributed by atoms with Crippen molar-refractivity contribution in [3.63, 3.8) is 0 Å². The van der Waals surface area contributed by atoms with E-state index in [1.54, 1.807) is 23.6 Å². The Morgan fingerprint density at radius 2 is 2.00 bits per heavy atom. The van der Waals surface area contributed by atoms with Gasteiger partial charge in [-0.3, -0.25) is 4.98 Å². The number of rotatable bonds is 5. The van der Waals surface area contributed by atoms with E-state index in [-0.39, 0.29) is 5.75 Å². The van der Waals surface area contributed by atoms with Crippen molar-refractivity contribution in [2.24, 2.45) is 0 Å². The molecular weight excluding hydrogens is 339 g/mol. The highest BCUT2D eigenvalue weighted by Gasteiger charge is 2.31. The Kier molecular flexibility index (Phi) is 4.66. The quantitative estimate of drug-likeness (QED) is 0.723. The van der Waals surface area contributed by atoms with Crippen LogP contribution in [0.2, 0.25) is 0 Å². The lowest BCUT2D eigenvalue weighted by Crippen LogP contribution is -2.17. The Balaban J connectivity index is 1.77. The van der Waals surface area contributed by atoms with E-state index in [9.17, 15) is 13.2 Å². The van der Waals surface area contributed by atoms with E-state index in [2.05, 4.69) is 20.0 Å². The van der Waals surface area contributed by atoms with Crippen molar-refractivity contribution >= 4 is 17.2 Å². The number of hydrogen-bond acceptors (Lipinski definition) is 5. The van der Waals surface area contributed by atoms with Crippen molar-refractivity contribution in [1.29, 1.82) is 0 Å². The van der Waals surface area contributed by atoms with E-state index in [4.69, 9.17) is 0 Å². The number of hydrogen-bond donors (Lipinski definition) is 1. The fraction of sp³-hybridized carbons (Fsp3) is 0.125. The van der Waals surface area contributed by atoms with Crippen LogP contribution in [0.5, 0.6) is 5.75 Å². The summed E-state index contributed by atoms with van der Waals surface area (Å²) in [4.78, 5) is 9.60. The van der Waals surface area contributed by atoms with Crippen LogP contribution in [0.3, 0.4) is 0 Å². The van der Waals surface area contributed by atoms with Gasteiger partial charge in [0.25, 0.3) is 0 Å². The molecule has 4 nitrogen and oxygen atoms in total. The predicted molar refractivity (Wildman–Crippen MR) is 85.8 cm³/mol. The number of ether oxygens (including phenoxy) is 1. The lowest BCUT2D eigenvalue weighted by atomic mass is 10.1. The molecule has 124 valence electrons. The Hall–Kier alpha value is -2.61. The summed E-state index contributed by atoms with van der Waals surface area (Å²) in [7, 11) is 0. The minimum atomic E-state index is -4.73. The molecule has 1 aromatic carbocycles. The van der Waals surface area contributed by atoms with E-state index in [1.165, 1.54) is 24.4 Å². The molecule has 1 N–H and O–H groups in total. The largest absolute Gasteiger partial charge is 0.573 e. The van der Waals surface area contributed by atoms with Crippen molar-refractivity contribution in [1.82, 2.24) is 9.97 Å². The molecule has 0 radical (unpaired) electrons. The summed E-state index contributed by atoms with van der Waals surface area (Å²) in [5, 5.41) is 5.11. The Bertz CT molecular complexity index is 806. The zero-order valence-electron chi connectivity index (χ0n) is 12.2. The summed E-state index contributed by atoms with van der Waals surface area (Å²) in [6, 6.07) is 9.59. The number of nitrogens with zero attached hydrogens (tertiary/aromatic N) is 2. The van der Waals surface area contributed by atoms with Crippen LogP contribution in [0.15, 0.2) is 54.2 Å². The third kappa shape index (κ3) is 4.45. The predicted octanol–water partition coefficient (Wildman–Crippen LogP) is 4.72. The number of nitrogens with one attached hydrogen (secondary N) is 1. The van der Waals surface area contributed by atoms with Gasteiger partial charge in [-0.25, -0.2) is 4.98 Å². The Labute approximate surface area is 140 Å². The lowest BCUT2D eigenvalue weighted by molar-refractivity contribution is -0.274. The van der Waals surface area contributed by atoms with Crippen LogP contribution in [0, 0.1) is 0 Å². The number of aromatic nitrogens is 2. The van der Waals surface area contributed by atoms with Gasteiger partial charge in [-0.05, 0) is 23.6 Å². The van der Waals surface area contributed by atoms with E-state index >= 15 is 0 Å². The smallest absolute Gasteiger partial charge is 0.406 e. The van der Waals surface area contributed by atoms with Crippen LogP contribution in [-0.4, -0.2) is 16.3 Å². The minimum Gasteiger partial charge on any atom is -0.406 e. The van der Waals surface area contributed by atoms with E-state index in [0.717, 1.165) is 4.88 Å². The zero-order valence-corrected chi connectivity index (χ0v) is 13.1. The molecule has 3 rings (SSSR count). The van der Waals surface area contributed by atoms with Gasteiger partial charge in [-0.15, -0.1) is 24.5 Å². The van der Waals surface area contributed by atoms with Crippen molar-refractivity contribution in [2.75, 3.05) is 5.32 Å². The van der Waals surface area contributed by atoms with Crippen molar-refractivity contribution in [2.45, 2.75) is 12.9 Å². The highest BCUT2D eigenvalue weighted by Crippen LogP contribution is 2.27. The Morgan fingerprint density at radius 1 is 1.12 bits per heavy atom. The maximum absolute atomic E-state index is 12.3. The minimum absolute atomic E-state index is 0.293. The molecule has 0 unspecified atom stereocenters. The topological polar surface area (TPSA) is 47.0 Å². The molecule has 2 heterocycles. The molecule has 2 aromatic heterocycles. The average molecular weight is 351 g/mol. The SMILES string of the molecule is FC(F)(F)Oc1cccc(-c2cncc(NCc3cccs3)n2)c1. The fourth-order valence-corrected chi connectivity index (χ4v) is 2.68. The van der Waals surface area contributed by atoms with Gasteiger partial charge in [0, 0.05) is 10.4 Å². The number of alkyl halides is 3. The Morgan fingerprint density at radius 3 is 2.75 bits per heavy atom. The first kappa shape index (κ1) is 16.3. The second-order valence-corrected chi connectivity index (χ2v) is 5.83.